The summed E-state index contributed by atoms with van der Waals surface area (Å²) in [6.07, 6.45) is 2.73. The number of carbonyl (C=O) groups excluding carboxylic acids is 4. The normalized spacial score (nSPS) is 10.3. The maximum atomic E-state index is 13.2. The molecule has 210 valence electrons. The molecule has 1 atom stereocenters. The number of benzene rings is 3. The van der Waals surface area contributed by atoms with E-state index in [2.05, 4.69) is 75.6 Å². The molecule has 0 aliphatic heterocycles. The fraction of sp³-hybridized carbons (Fsp3) is 0.333. The molecule has 0 aromatic heterocycles. The summed E-state index contributed by atoms with van der Waals surface area (Å²) in [5, 5.41) is 6.34. The van der Waals surface area contributed by atoms with Crippen molar-refractivity contribution in [3.63, 3.8) is 0 Å². The van der Waals surface area contributed by atoms with Crippen molar-refractivity contribution in [1.29, 1.82) is 0 Å². The summed E-state index contributed by atoms with van der Waals surface area (Å²) < 4.78 is 0. The van der Waals surface area contributed by atoms with Crippen molar-refractivity contribution in [3.8, 4) is 0 Å². The highest BCUT2D eigenvalue weighted by molar-refractivity contribution is 5.97. The van der Waals surface area contributed by atoms with Gasteiger partial charge in [0.15, 0.2) is 0 Å². The Morgan fingerprint density at radius 2 is 1.44 bits per heavy atom. The fourth-order valence-electron chi connectivity index (χ4n) is 4.11. The van der Waals surface area contributed by atoms with Crippen molar-refractivity contribution in [2.24, 2.45) is 5.92 Å². The van der Waals surface area contributed by atoms with Crippen LogP contribution in [0.2, 0.25) is 0 Å². The fourth-order valence-corrected chi connectivity index (χ4v) is 4.11. The molecule has 39 heavy (non-hydrogen) atoms. The molecule has 3 rings (SSSR count). The molecule has 0 spiro atoms. The predicted molar refractivity (Wildman–Crippen MR) is 161 cm³/mol. The Morgan fingerprint density at radius 3 is 1.90 bits per heavy atom. The first-order chi connectivity index (χ1) is 18.7. The number of aryl methyl sites for hydroxylation is 4. The molecule has 3 aromatic carbocycles. The molecule has 6 heteroatoms. The van der Waals surface area contributed by atoms with Crippen LogP contribution >= 0.6 is 0 Å². The molecule has 3 aromatic rings. The summed E-state index contributed by atoms with van der Waals surface area (Å²) in [6.45, 7) is 14.6. The highest BCUT2D eigenvalue weighted by Crippen LogP contribution is 2.25. The Hall–Kier alpha value is -4.06. The maximum absolute atomic E-state index is 13.2. The molecule has 0 saturated carbocycles. The van der Waals surface area contributed by atoms with Gasteiger partial charge < -0.3 is 25.0 Å². The van der Waals surface area contributed by atoms with Gasteiger partial charge in [0.2, 0.25) is 0 Å². The van der Waals surface area contributed by atoms with E-state index in [1.807, 2.05) is 57.0 Å². The lowest BCUT2D eigenvalue weighted by Crippen LogP contribution is -2.30. The number of nitrogens with one attached hydrogen (secondary N) is 2. The van der Waals surface area contributed by atoms with Crippen molar-refractivity contribution in [2.45, 2.75) is 59.9 Å². The van der Waals surface area contributed by atoms with Gasteiger partial charge in [-0.25, -0.2) is 0 Å². The highest BCUT2D eigenvalue weighted by Gasteiger charge is 2.20. The average molecular weight is 533 g/mol. The van der Waals surface area contributed by atoms with Crippen LogP contribution in [0, 0.1) is 26.7 Å². The molecule has 0 bridgehead atoms. The van der Waals surface area contributed by atoms with Gasteiger partial charge in [-0.3, -0.25) is 4.79 Å². The molecular formula is C33H44N2O4. The van der Waals surface area contributed by atoms with E-state index in [0.717, 1.165) is 29.5 Å². The second-order valence-corrected chi connectivity index (χ2v) is 9.56. The molecular weight excluding hydrogens is 488 g/mol. The smallest absolute Gasteiger partial charge is 0.252 e. The molecule has 0 heterocycles. The SMILES string of the molecule is C=O.C=O.CNc1ccc(CCC=O)c(C(=O)NC(CC(C)C)c2cc(C)cc(C)c2)c1.Cc1ccccc1. The lowest BCUT2D eigenvalue weighted by atomic mass is 9.93. The van der Waals surface area contributed by atoms with Gasteiger partial charge >= 0.3 is 0 Å². The maximum Gasteiger partial charge on any atom is 0.252 e. The van der Waals surface area contributed by atoms with Crippen molar-refractivity contribution in [1.82, 2.24) is 5.32 Å². The molecule has 0 saturated heterocycles. The molecule has 0 aliphatic carbocycles. The molecule has 1 unspecified atom stereocenters. The number of rotatable bonds is 9. The topological polar surface area (TPSA) is 92.3 Å². The third-order valence-corrected chi connectivity index (χ3v) is 5.77. The third kappa shape index (κ3) is 13.3. The molecule has 0 fully saturated rings. The van der Waals surface area contributed by atoms with Gasteiger partial charge in [0.25, 0.3) is 5.91 Å². The first-order valence-electron chi connectivity index (χ1n) is 13.0. The summed E-state index contributed by atoms with van der Waals surface area (Å²) in [5.74, 6) is 0.354. The minimum atomic E-state index is -0.0946. The van der Waals surface area contributed by atoms with E-state index in [1.54, 1.807) is 0 Å². The minimum absolute atomic E-state index is 0.0525. The van der Waals surface area contributed by atoms with E-state index >= 15 is 0 Å². The van der Waals surface area contributed by atoms with E-state index < -0.39 is 0 Å². The molecule has 0 aliphatic rings. The summed E-state index contributed by atoms with van der Waals surface area (Å²) in [7, 11) is 1.83. The second kappa shape index (κ2) is 20.0. The van der Waals surface area contributed by atoms with Gasteiger partial charge in [-0.15, -0.1) is 0 Å². The largest absolute Gasteiger partial charge is 0.388 e. The molecule has 6 nitrogen and oxygen atoms in total. The zero-order valence-electron chi connectivity index (χ0n) is 24.3. The van der Waals surface area contributed by atoms with Gasteiger partial charge in [-0.1, -0.05) is 85.1 Å². The van der Waals surface area contributed by atoms with Gasteiger partial charge in [0.1, 0.15) is 19.9 Å². The number of hydrogen-bond acceptors (Lipinski definition) is 5. The van der Waals surface area contributed by atoms with E-state index in [1.165, 1.54) is 16.7 Å². The van der Waals surface area contributed by atoms with Crippen molar-refractivity contribution >= 4 is 31.5 Å². The number of amides is 1. The standard InChI is InChI=1S/C24H32N2O2.C7H8.2CH2O/c1-16(2)11-23(20-13-17(3)12-18(4)14-20)26-24(28)22-15-21(25-5)9-8-19(22)7-6-10-27;1-7-5-3-2-4-6-7;2*1-2/h8-10,12-16,23,25H,6-7,11H2,1-5H3,(H,26,28);2-6H,1H3;2*1H2. The van der Waals surface area contributed by atoms with Crippen LogP contribution in [0.15, 0.2) is 66.7 Å². The Balaban J connectivity index is 0.00000111. The summed E-state index contributed by atoms with van der Waals surface area (Å²) in [6, 6.07) is 22.4. The monoisotopic (exact) mass is 532 g/mol. The minimum Gasteiger partial charge on any atom is -0.388 e. The summed E-state index contributed by atoms with van der Waals surface area (Å²) in [5.41, 5.74) is 7.26. The summed E-state index contributed by atoms with van der Waals surface area (Å²) in [4.78, 5) is 40.0. The number of carbonyl (C=O) groups is 4. The zero-order chi connectivity index (χ0) is 29.8. The second-order valence-electron chi connectivity index (χ2n) is 9.56. The lowest BCUT2D eigenvalue weighted by Gasteiger charge is -2.23. The van der Waals surface area contributed by atoms with E-state index in [9.17, 15) is 9.59 Å². The van der Waals surface area contributed by atoms with Gasteiger partial charge in [-0.2, -0.15) is 0 Å². The average Bonchev–Trinajstić information content (AvgIpc) is 2.93. The lowest BCUT2D eigenvalue weighted by molar-refractivity contribution is -0.107. The highest BCUT2D eigenvalue weighted by atomic mass is 16.1. The van der Waals surface area contributed by atoms with Crippen molar-refractivity contribution < 1.29 is 19.2 Å². The Labute approximate surface area is 234 Å². The first-order valence-corrected chi connectivity index (χ1v) is 13.0. The van der Waals surface area contributed by atoms with Gasteiger partial charge in [-0.05, 0) is 62.8 Å². The number of anilines is 1. The zero-order valence-corrected chi connectivity index (χ0v) is 24.3. The first kappa shape index (κ1) is 34.9. The van der Waals surface area contributed by atoms with Crippen LogP contribution in [-0.2, 0) is 20.8 Å². The van der Waals surface area contributed by atoms with Crippen LogP contribution in [0.25, 0.3) is 0 Å². The Morgan fingerprint density at radius 1 is 0.846 bits per heavy atom. The Kier molecular flexibility index (Phi) is 17.9. The van der Waals surface area contributed by atoms with Gasteiger partial charge in [0.05, 0.1) is 6.04 Å². The van der Waals surface area contributed by atoms with Crippen LogP contribution in [0.4, 0.5) is 5.69 Å². The number of hydrogen-bond donors (Lipinski definition) is 2. The van der Waals surface area contributed by atoms with Crippen molar-refractivity contribution in [2.75, 3.05) is 12.4 Å². The van der Waals surface area contributed by atoms with Crippen molar-refractivity contribution in [3.05, 3.63) is 100 Å². The Bertz CT molecular complexity index is 1110. The molecule has 0 radical (unpaired) electrons. The van der Waals surface area contributed by atoms with E-state index in [0.29, 0.717) is 24.3 Å². The van der Waals surface area contributed by atoms with Crippen LogP contribution in [-0.4, -0.2) is 32.8 Å². The van der Waals surface area contributed by atoms with Crippen LogP contribution in [0.1, 0.15) is 70.9 Å². The van der Waals surface area contributed by atoms with Crippen LogP contribution in [0.5, 0.6) is 0 Å². The van der Waals surface area contributed by atoms with Gasteiger partial charge in [0, 0.05) is 24.7 Å². The number of aldehydes is 1. The molecule has 2 N–H and O–H groups in total. The quantitative estimate of drug-likeness (QED) is 0.302. The summed E-state index contributed by atoms with van der Waals surface area (Å²) >= 11 is 0. The third-order valence-electron chi connectivity index (χ3n) is 5.77. The van der Waals surface area contributed by atoms with Crippen LogP contribution in [0.3, 0.4) is 0 Å². The predicted octanol–water partition coefficient (Wildman–Crippen LogP) is 6.62. The molecule has 1 amide bonds. The van der Waals surface area contributed by atoms with E-state index in [-0.39, 0.29) is 11.9 Å². The van der Waals surface area contributed by atoms with E-state index in [4.69, 9.17) is 9.59 Å². The van der Waals surface area contributed by atoms with Crippen LogP contribution < -0.4 is 10.6 Å².